The van der Waals surface area contributed by atoms with E-state index in [-0.39, 0.29) is 5.97 Å². The van der Waals surface area contributed by atoms with Crippen molar-refractivity contribution >= 4 is 21.9 Å². The van der Waals surface area contributed by atoms with E-state index in [9.17, 15) is 4.79 Å². The van der Waals surface area contributed by atoms with Crippen molar-refractivity contribution in [1.29, 1.82) is 0 Å². The second kappa shape index (κ2) is 12.5. The van der Waals surface area contributed by atoms with Gasteiger partial charge >= 0.3 is 5.97 Å². The van der Waals surface area contributed by atoms with Gasteiger partial charge in [0.2, 0.25) is 0 Å². The van der Waals surface area contributed by atoms with E-state index in [1.54, 1.807) is 13.2 Å². The molecule has 1 atom stereocenters. The molecule has 0 radical (unpaired) electrons. The highest BCUT2D eigenvalue weighted by atomic mass is 79.9. The number of halogens is 1. The minimum atomic E-state index is -0.246. The van der Waals surface area contributed by atoms with Gasteiger partial charge in [-0.1, -0.05) is 50.7 Å². The molecule has 23 heavy (non-hydrogen) atoms. The molecule has 0 bridgehead atoms. The van der Waals surface area contributed by atoms with Crippen LogP contribution >= 0.6 is 15.9 Å². The zero-order valence-corrected chi connectivity index (χ0v) is 15.9. The second-order valence-corrected chi connectivity index (χ2v) is 6.78. The van der Waals surface area contributed by atoms with Crippen LogP contribution in [0.25, 0.3) is 0 Å². The van der Waals surface area contributed by atoms with Gasteiger partial charge in [-0.25, -0.2) is 4.79 Å². The van der Waals surface area contributed by atoms with Crippen molar-refractivity contribution in [2.75, 3.05) is 13.7 Å². The summed E-state index contributed by atoms with van der Waals surface area (Å²) in [7, 11) is 1.77. The van der Waals surface area contributed by atoms with Crippen LogP contribution in [0.3, 0.4) is 0 Å². The summed E-state index contributed by atoms with van der Waals surface area (Å²) in [6.45, 7) is 2.63. The molecule has 3 nitrogen and oxygen atoms in total. The predicted octanol–water partition coefficient (Wildman–Crippen LogP) is 5.76. The summed E-state index contributed by atoms with van der Waals surface area (Å²) in [5, 5.41) is 0. The van der Waals surface area contributed by atoms with Crippen molar-refractivity contribution in [3.8, 4) is 0 Å². The number of carbonyl (C=O) groups is 1. The van der Waals surface area contributed by atoms with Crippen LogP contribution in [-0.4, -0.2) is 25.8 Å². The Morgan fingerprint density at radius 3 is 2.30 bits per heavy atom. The molecular weight excluding hydrogens is 356 g/mol. The van der Waals surface area contributed by atoms with Crippen molar-refractivity contribution in [2.24, 2.45) is 0 Å². The first-order valence-corrected chi connectivity index (χ1v) is 9.39. The van der Waals surface area contributed by atoms with Gasteiger partial charge < -0.3 is 9.47 Å². The fourth-order valence-electron chi connectivity index (χ4n) is 2.40. The average molecular weight is 385 g/mol. The van der Waals surface area contributed by atoms with Crippen molar-refractivity contribution in [3.05, 3.63) is 34.3 Å². The van der Waals surface area contributed by atoms with Crippen molar-refractivity contribution in [1.82, 2.24) is 0 Å². The van der Waals surface area contributed by atoms with Gasteiger partial charge in [0.15, 0.2) is 0 Å². The number of hydrogen-bond donors (Lipinski definition) is 0. The van der Waals surface area contributed by atoms with Crippen LogP contribution in [0.1, 0.15) is 68.6 Å². The lowest BCUT2D eigenvalue weighted by molar-refractivity contribution is 0.0496. The van der Waals surface area contributed by atoms with E-state index >= 15 is 0 Å². The molecule has 0 heterocycles. The molecule has 4 heteroatoms. The molecular formula is C19H29BrO3. The van der Waals surface area contributed by atoms with E-state index in [1.807, 2.05) is 18.2 Å². The van der Waals surface area contributed by atoms with Crippen molar-refractivity contribution in [2.45, 2.75) is 64.4 Å². The minimum Gasteiger partial charge on any atom is -0.462 e. The number of rotatable bonds is 12. The van der Waals surface area contributed by atoms with Crippen LogP contribution in [0.4, 0.5) is 0 Å². The van der Waals surface area contributed by atoms with Crippen LogP contribution in [0.5, 0.6) is 0 Å². The van der Waals surface area contributed by atoms with Crippen LogP contribution in [0, 0.1) is 0 Å². The molecule has 0 aliphatic rings. The monoisotopic (exact) mass is 384 g/mol. The summed E-state index contributed by atoms with van der Waals surface area (Å²) >= 11 is 3.37. The van der Waals surface area contributed by atoms with E-state index in [4.69, 9.17) is 9.47 Å². The predicted molar refractivity (Wildman–Crippen MR) is 97.8 cm³/mol. The molecule has 0 fully saturated rings. The number of methoxy groups -OCH3 is 1. The van der Waals surface area contributed by atoms with Crippen LogP contribution in [-0.2, 0) is 9.47 Å². The van der Waals surface area contributed by atoms with E-state index in [0.717, 1.165) is 23.7 Å². The normalized spacial score (nSPS) is 12.1. The summed E-state index contributed by atoms with van der Waals surface area (Å²) in [6, 6.07) is 7.35. The number of unbranched alkanes of at least 4 members (excludes halogenated alkanes) is 6. The summed E-state index contributed by atoms with van der Waals surface area (Å²) < 4.78 is 11.3. The summed E-state index contributed by atoms with van der Waals surface area (Å²) in [5.41, 5.74) is 0.595. The minimum absolute atomic E-state index is 0.246. The fourth-order valence-corrected chi connectivity index (χ4v) is 2.85. The van der Waals surface area contributed by atoms with Gasteiger partial charge in [0.1, 0.15) is 0 Å². The first-order chi connectivity index (χ1) is 11.1. The lowest BCUT2D eigenvalue weighted by Gasteiger charge is -2.08. The van der Waals surface area contributed by atoms with Crippen LogP contribution in [0.15, 0.2) is 28.7 Å². The molecule has 0 amide bonds. The van der Waals surface area contributed by atoms with Gasteiger partial charge in [-0.3, -0.25) is 0 Å². The van der Waals surface area contributed by atoms with E-state index in [2.05, 4.69) is 22.9 Å². The maximum atomic E-state index is 11.9. The van der Waals surface area contributed by atoms with Crippen molar-refractivity contribution < 1.29 is 14.3 Å². The highest BCUT2D eigenvalue weighted by Gasteiger charge is 2.09. The largest absolute Gasteiger partial charge is 0.462 e. The number of ether oxygens (including phenoxy) is 2. The third kappa shape index (κ3) is 9.11. The molecule has 0 aliphatic heterocycles. The topological polar surface area (TPSA) is 35.5 Å². The highest BCUT2D eigenvalue weighted by Crippen LogP contribution is 2.17. The Hall–Kier alpha value is -0.870. The molecule has 0 aliphatic carbocycles. The maximum absolute atomic E-state index is 11.9. The molecule has 1 aromatic rings. The standard InChI is InChI=1S/C19H29BrO3/c1-16(22-2)12-8-6-4-3-5-7-11-15-23-19(21)17-13-9-10-14-18(17)20/h9-10,13-14,16H,3-8,11-12,15H2,1-2H3. The maximum Gasteiger partial charge on any atom is 0.339 e. The van der Waals surface area contributed by atoms with Gasteiger partial charge in [0.05, 0.1) is 18.3 Å². The van der Waals surface area contributed by atoms with Gasteiger partial charge in [-0.05, 0) is 47.8 Å². The molecule has 1 aromatic carbocycles. The Kier molecular flexibility index (Phi) is 11.0. The molecule has 0 aromatic heterocycles. The zero-order valence-electron chi connectivity index (χ0n) is 14.4. The summed E-state index contributed by atoms with van der Waals surface area (Å²) in [5.74, 6) is -0.246. The highest BCUT2D eigenvalue weighted by molar-refractivity contribution is 9.10. The Labute approximate surface area is 148 Å². The fraction of sp³-hybridized carbons (Fsp3) is 0.632. The molecule has 1 rings (SSSR count). The lowest BCUT2D eigenvalue weighted by atomic mass is 10.1. The molecule has 0 spiro atoms. The Balaban J connectivity index is 1.96. The molecule has 0 saturated heterocycles. The Morgan fingerprint density at radius 2 is 1.65 bits per heavy atom. The van der Waals surface area contributed by atoms with Crippen LogP contribution < -0.4 is 0 Å². The molecule has 0 N–H and O–H groups in total. The zero-order chi connectivity index (χ0) is 16.9. The van der Waals surface area contributed by atoms with Gasteiger partial charge in [-0.15, -0.1) is 0 Å². The second-order valence-electron chi connectivity index (χ2n) is 5.93. The molecule has 130 valence electrons. The van der Waals surface area contributed by atoms with Crippen molar-refractivity contribution in [3.63, 3.8) is 0 Å². The van der Waals surface area contributed by atoms with E-state index < -0.39 is 0 Å². The first kappa shape index (κ1) is 20.2. The number of esters is 1. The average Bonchev–Trinajstić information content (AvgIpc) is 2.56. The van der Waals surface area contributed by atoms with E-state index in [1.165, 1.54) is 32.1 Å². The van der Waals surface area contributed by atoms with Gasteiger partial charge in [-0.2, -0.15) is 0 Å². The SMILES string of the molecule is COC(C)CCCCCCCCCOC(=O)c1ccccc1Br. The van der Waals surface area contributed by atoms with Gasteiger partial charge in [0.25, 0.3) is 0 Å². The smallest absolute Gasteiger partial charge is 0.339 e. The third-order valence-corrected chi connectivity index (χ3v) is 4.68. The Morgan fingerprint density at radius 1 is 1.04 bits per heavy atom. The third-order valence-electron chi connectivity index (χ3n) is 3.98. The van der Waals surface area contributed by atoms with Crippen LogP contribution in [0.2, 0.25) is 0 Å². The van der Waals surface area contributed by atoms with E-state index in [0.29, 0.717) is 18.3 Å². The number of carbonyl (C=O) groups excluding carboxylic acids is 1. The summed E-state index contributed by atoms with van der Waals surface area (Å²) in [4.78, 5) is 11.9. The molecule has 1 unspecified atom stereocenters. The first-order valence-electron chi connectivity index (χ1n) is 8.59. The summed E-state index contributed by atoms with van der Waals surface area (Å²) in [6.07, 6.45) is 9.90. The lowest BCUT2D eigenvalue weighted by Crippen LogP contribution is -2.07. The molecule has 0 saturated carbocycles. The van der Waals surface area contributed by atoms with Gasteiger partial charge in [0, 0.05) is 11.6 Å². The quantitative estimate of drug-likeness (QED) is 0.339. The Bertz CT molecular complexity index is 448. The number of benzene rings is 1. The number of hydrogen-bond acceptors (Lipinski definition) is 3.